The minimum absolute atomic E-state index is 0.112. The summed E-state index contributed by atoms with van der Waals surface area (Å²) in [5.41, 5.74) is -1.11. The van der Waals surface area contributed by atoms with Crippen LogP contribution in [-0.2, 0) is 16.0 Å². The molecule has 7 heteroatoms. The Labute approximate surface area is 97.6 Å². The van der Waals surface area contributed by atoms with Crippen molar-refractivity contribution in [2.45, 2.75) is 13.5 Å². The number of hydrogen-bond donors (Lipinski definition) is 2. The predicted molar refractivity (Wildman–Crippen MR) is 60.4 cm³/mol. The van der Waals surface area contributed by atoms with Crippen molar-refractivity contribution in [3.8, 4) is 5.88 Å². The number of aromatic amines is 1. The van der Waals surface area contributed by atoms with E-state index in [4.69, 9.17) is 9.47 Å². The normalized spacial score (nSPS) is 10.7. The molecule has 7 nitrogen and oxygen atoms in total. The molecule has 1 aromatic rings. The van der Waals surface area contributed by atoms with Crippen LogP contribution in [0.15, 0.2) is 9.59 Å². The molecule has 0 aliphatic carbocycles. The topological polar surface area (TPSA) is 93.6 Å². The lowest BCUT2D eigenvalue weighted by Crippen LogP contribution is -2.32. The number of ether oxygens (including phenoxy) is 2. The second-order valence-corrected chi connectivity index (χ2v) is 3.46. The van der Waals surface area contributed by atoms with Crippen LogP contribution in [0.1, 0.15) is 5.56 Å². The lowest BCUT2D eigenvalue weighted by molar-refractivity contribution is 0.0652. The Morgan fingerprint density at radius 1 is 1.29 bits per heavy atom. The molecule has 0 amide bonds. The van der Waals surface area contributed by atoms with Gasteiger partial charge in [0.1, 0.15) is 0 Å². The number of rotatable bonds is 6. The van der Waals surface area contributed by atoms with Crippen LogP contribution in [0, 0.1) is 6.92 Å². The van der Waals surface area contributed by atoms with Crippen LogP contribution in [0.3, 0.4) is 0 Å². The number of aromatic nitrogens is 2. The average Bonchev–Trinajstić information content (AvgIpc) is 2.30. The molecule has 0 saturated heterocycles. The van der Waals surface area contributed by atoms with Gasteiger partial charge in [-0.15, -0.1) is 0 Å². The molecule has 0 aliphatic rings. The molecular formula is C10H16N2O5. The first-order valence-electron chi connectivity index (χ1n) is 5.17. The monoisotopic (exact) mass is 244 g/mol. The Morgan fingerprint density at radius 2 is 2.00 bits per heavy atom. The van der Waals surface area contributed by atoms with Gasteiger partial charge >= 0.3 is 5.69 Å². The Morgan fingerprint density at radius 3 is 2.65 bits per heavy atom. The molecule has 0 saturated carbocycles. The molecule has 1 heterocycles. The van der Waals surface area contributed by atoms with Crippen LogP contribution in [0.4, 0.5) is 0 Å². The molecule has 0 unspecified atom stereocenters. The third kappa shape index (κ3) is 3.43. The van der Waals surface area contributed by atoms with E-state index in [1.54, 1.807) is 7.11 Å². The van der Waals surface area contributed by atoms with E-state index < -0.39 is 11.2 Å². The zero-order chi connectivity index (χ0) is 12.8. The van der Waals surface area contributed by atoms with E-state index in [1.165, 1.54) is 6.92 Å². The summed E-state index contributed by atoms with van der Waals surface area (Å²) in [5.74, 6) is -0.325. The highest BCUT2D eigenvalue weighted by molar-refractivity contribution is 5.20. The molecule has 0 radical (unpaired) electrons. The maximum atomic E-state index is 11.4. The van der Waals surface area contributed by atoms with Crippen LogP contribution >= 0.6 is 0 Å². The second-order valence-electron chi connectivity index (χ2n) is 3.46. The number of H-pyrrole nitrogens is 1. The number of nitrogens with zero attached hydrogens (tertiary/aromatic N) is 1. The highest BCUT2D eigenvalue weighted by atomic mass is 16.5. The van der Waals surface area contributed by atoms with Gasteiger partial charge in [0.25, 0.3) is 5.56 Å². The van der Waals surface area contributed by atoms with Crippen molar-refractivity contribution in [1.82, 2.24) is 9.55 Å². The summed E-state index contributed by atoms with van der Waals surface area (Å²) in [7, 11) is 1.56. The summed E-state index contributed by atoms with van der Waals surface area (Å²) < 4.78 is 11.0. The fourth-order valence-corrected chi connectivity index (χ4v) is 1.27. The molecule has 0 bridgehead atoms. The second kappa shape index (κ2) is 6.21. The fraction of sp³-hybridized carbons (Fsp3) is 0.600. The van der Waals surface area contributed by atoms with Crippen molar-refractivity contribution in [3.05, 3.63) is 26.4 Å². The van der Waals surface area contributed by atoms with Gasteiger partial charge in [0, 0.05) is 7.11 Å². The zero-order valence-electron chi connectivity index (χ0n) is 9.86. The zero-order valence-corrected chi connectivity index (χ0v) is 9.86. The van der Waals surface area contributed by atoms with Gasteiger partial charge in [0.05, 0.1) is 31.9 Å². The Bertz CT molecular complexity index is 477. The Kier molecular flexibility index (Phi) is 4.92. The molecule has 17 heavy (non-hydrogen) atoms. The van der Waals surface area contributed by atoms with Crippen LogP contribution in [0.5, 0.6) is 5.88 Å². The molecule has 0 aromatic carbocycles. The van der Waals surface area contributed by atoms with E-state index in [9.17, 15) is 14.7 Å². The number of aromatic hydroxyl groups is 1. The van der Waals surface area contributed by atoms with Crippen LogP contribution in [-0.4, -0.2) is 41.6 Å². The summed E-state index contributed by atoms with van der Waals surface area (Å²) >= 11 is 0. The molecule has 0 atom stereocenters. The lowest BCUT2D eigenvalue weighted by Gasteiger charge is -2.09. The predicted octanol–water partition coefficient (Wildman–Crippen LogP) is -0.786. The Balaban J connectivity index is 2.69. The summed E-state index contributed by atoms with van der Waals surface area (Å²) in [4.78, 5) is 24.7. The smallest absolute Gasteiger partial charge is 0.331 e. The number of nitrogens with one attached hydrogen (secondary N) is 1. The van der Waals surface area contributed by atoms with E-state index in [2.05, 4.69) is 4.98 Å². The average molecular weight is 244 g/mol. The third-order valence-electron chi connectivity index (χ3n) is 2.29. The lowest BCUT2D eigenvalue weighted by atomic mass is 10.3. The summed E-state index contributed by atoms with van der Waals surface area (Å²) in [5, 5.41) is 9.62. The van der Waals surface area contributed by atoms with Crippen LogP contribution < -0.4 is 11.2 Å². The molecule has 0 spiro atoms. The number of hydrogen-bond acceptors (Lipinski definition) is 5. The standard InChI is InChI=1S/C10H16N2O5/c1-7-8(13)11-10(15)12(9(7)14)3-4-17-6-5-16-2/h14H,3-6H2,1-2H3,(H,11,13,15). The van der Waals surface area contributed by atoms with Crippen molar-refractivity contribution < 1.29 is 14.6 Å². The molecule has 96 valence electrons. The minimum Gasteiger partial charge on any atom is -0.494 e. The van der Waals surface area contributed by atoms with E-state index in [1.807, 2.05) is 0 Å². The summed E-state index contributed by atoms with van der Waals surface area (Å²) in [6, 6.07) is 0. The first-order valence-corrected chi connectivity index (χ1v) is 5.17. The van der Waals surface area contributed by atoms with Crippen molar-refractivity contribution in [2.24, 2.45) is 0 Å². The van der Waals surface area contributed by atoms with Crippen molar-refractivity contribution in [3.63, 3.8) is 0 Å². The molecule has 0 fully saturated rings. The van der Waals surface area contributed by atoms with Crippen LogP contribution in [0.25, 0.3) is 0 Å². The minimum atomic E-state index is -0.645. The van der Waals surface area contributed by atoms with Gasteiger partial charge in [-0.3, -0.25) is 14.3 Å². The van der Waals surface area contributed by atoms with Crippen molar-refractivity contribution in [1.29, 1.82) is 0 Å². The Hall–Kier alpha value is -1.60. The van der Waals surface area contributed by atoms with Crippen LogP contribution in [0.2, 0.25) is 0 Å². The SMILES string of the molecule is COCCOCCn1c(O)c(C)c(=O)[nH]c1=O. The quantitative estimate of drug-likeness (QED) is 0.640. The van der Waals surface area contributed by atoms with Gasteiger partial charge < -0.3 is 14.6 Å². The molecular weight excluding hydrogens is 228 g/mol. The van der Waals surface area contributed by atoms with Gasteiger partial charge in [-0.1, -0.05) is 0 Å². The number of methoxy groups -OCH3 is 1. The van der Waals surface area contributed by atoms with Gasteiger partial charge in [0.2, 0.25) is 5.88 Å². The fourth-order valence-electron chi connectivity index (χ4n) is 1.27. The van der Waals surface area contributed by atoms with E-state index in [0.717, 1.165) is 4.57 Å². The van der Waals surface area contributed by atoms with Crippen molar-refractivity contribution in [2.75, 3.05) is 26.9 Å². The maximum absolute atomic E-state index is 11.4. The van der Waals surface area contributed by atoms with Gasteiger partial charge in [0.15, 0.2) is 0 Å². The summed E-state index contributed by atoms with van der Waals surface area (Å²) in [6.07, 6.45) is 0. The van der Waals surface area contributed by atoms with Crippen molar-refractivity contribution >= 4 is 0 Å². The molecule has 1 aromatic heterocycles. The third-order valence-corrected chi connectivity index (χ3v) is 2.29. The summed E-state index contributed by atoms with van der Waals surface area (Å²) in [6.45, 7) is 2.74. The molecule has 1 rings (SSSR count). The first-order chi connectivity index (χ1) is 8.07. The largest absolute Gasteiger partial charge is 0.494 e. The molecule has 0 aliphatic heterocycles. The highest BCUT2D eigenvalue weighted by Crippen LogP contribution is 2.07. The first kappa shape index (κ1) is 13.5. The van der Waals surface area contributed by atoms with E-state index in [-0.39, 0.29) is 24.6 Å². The van der Waals surface area contributed by atoms with Gasteiger partial charge in [-0.25, -0.2) is 4.79 Å². The maximum Gasteiger partial charge on any atom is 0.331 e. The van der Waals surface area contributed by atoms with E-state index >= 15 is 0 Å². The molecule has 2 N–H and O–H groups in total. The highest BCUT2D eigenvalue weighted by Gasteiger charge is 2.09. The van der Waals surface area contributed by atoms with Gasteiger partial charge in [-0.2, -0.15) is 0 Å². The van der Waals surface area contributed by atoms with E-state index in [0.29, 0.717) is 13.2 Å². The van der Waals surface area contributed by atoms with Gasteiger partial charge in [-0.05, 0) is 6.92 Å².